The highest BCUT2D eigenvalue weighted by Crippen LogP contribution is 2.32. The summed E-state index contributed by atoms with van der Waals surface area (Å²) < 4.78 is 72.9. The summed E-state index contributed by atoms with van der Waals surface area (Å²) in [5.41, 5.74) is 3.35. The molecule has 1 unspecified atom stereocenters. The summed E-state index contributed by atoms with van der Waals surface area (Å²) >= 11 is 0. The average molecular weight is 864 g/mol. The van der Waals surface area contributed by atoms with Crippen LogP contribution in [0.1, 0.15) is 63.1 Å². The molecule has 9 rings (SSSR count). The highest BCUT2D eigenvalue weighted by Gasteiger charge is 2.39. The van der Waals surface area contributed by atoms with Crippen molar-refractivity contribution in [3.63, 3.8) is 0 Å². The van der Waals surface area contributed by atoms with Gasteiger partial charge in [0.25, 0.3) is 5.91 Å². The van der Waals surface area contributed by atoms with Crippen molar-refractivity contribution < 1.29 is 40.8 Å². The average Bonchev–Trinajstić information content (AvgIpc) is 3.99. The molecular formula is C45H40F3N7O6S. The molecule has 0 bridgehead atoms. The lowest BCUT2D eigenvalue weighted by Gasteiger charge is -2.35. The second-order valence-electron chi connectivity index (χ2n) is 15.9. The number of aromatic amines is 1. The predicted octanol–water partition coefficient (Wildman–Crippen LogP) is 5.26. The molecule has 1 amide bonds. The summed E-state index contributed by atoms with van der Waals surface area (Å²) in [6.45, 7) is 3.55. The molecule has 1 aliphatic carbocycles. The van der Waals surface area contributed by atoms with Gasteiger partial charge in [-0.25, -0.2) is 18.2 Å². The summed E-state index contributed by atoms with van der Waals surface area (Å²) in [5.74, 6) is 2.45. The first-order chi connectivity index (χ1) is 29.8. The van der Waals surface area contributed by atoms with Gasteiger partial charge in [0.05, 0.1) is 30.3 Å². The Kier molecular flexibility index (Phi) is 10.9. The number of anilines is 2. The van der Waals surface area contributed by atoms with E-state index in [1.54, 1.807) is 23.2 Å². The van der Waals surface area contributed by atoms with Gasteiger partial charge in [0, 0.05) is 98.0 Å². The molecule has 3 fully saturated rings. The van der Waals surface area contributed by atoms with Crippen molar-refractivity contribution in [2.24, 2.45) is 0 Å². The third kappa shape index (κ3) is 7.96. The number of fused-ring (bicyclic) bond motifs is 2. The highest BCUT2D eigenvalue weighted by atomic mass is 32.2. The monoisotopic (exact) mass is 863 g/mol. The van der Waals surface area contributed by atoms with E-state index in [0.717, 1.165) is 65.0 Å². The summed E-state index contributed by atoms with van der Waals surface area (Å²) in [6.07, 6.45) is 2.14. The maximum atomic E-state index is 15.7. The van der Waals surface area contributed by atoms with Crippen LogP contribution in [0.2, 0.25) is 0 Å². The number of nitrogens with zero attached hydrogens (tertiary/aromatic N) is 5. The van der Waals surface area contributed by atoms with Crippen LogP contribution in [-0.4, -0.2) is 114 Å². The number of alkyl halides is 1. The van der Waals surface area contributed by atoms with Gasteiger partial charge in [0.2, 0.25) is 5.78 Å². The number of carbonyl (C=O) groups is 4. The fourth-order valence-electron chi connectivity index (χ4n) is 8.58. The van der Waals surface area contributed by atoms with E-state index < -0.39 is 57.6 Å². The number of amides is 1. The molecule has 318 valence electrons. The van der Waals surface area contributed by atoms with Crippen molar-refractivity contribution >= 4 is 55.9 Å². The van der Waals surface area contributed by atoms with Crippen LogP contribution in [0.4, 0.5) is 24.5 Å². The molecule has 2 atom stereocenters. The number of aromatic nitrogens is 2. The van der Waals surface area contributed by atoms with Gasteiger partial charge in [0.15, 0.2) is 11.6 Å². The standard InChI is InChI=1S/C45H40F3N7O6S/c46-31-13-15-54(26-31)62(60,61)51-38-11-10-37(47)41(42(38)48)43(58)36-24-50-44-35(36)21-29(23-49-44)28-4-6-32(7-5-28)53-18-16-52(17-19-53)14-1-2-27-3-9-34-30(20-27)25-55(45(34)59)39-12-8-33(56)22-40(39)57/h3-7,9-11,20-21,23-24,31,39,51H,8,12-19,22,25-26H2,(H,49,50)/t31-,39?/m1/s1. The van der Waals surface area contributed by atoms with E-state index in [-0.39, 0.29) is 42.4 Å². The number of rotatable bonds is 9. The molecule has 4 aliphatic rings. The number of H-pyrrole nitrogens is 1. The Balaban J connectivity index is 0.821. The van der Waals surface area contributed by atoms with E-state index in [1.807, 2.05) is 41.1 Å². The number of benzene rings is 3. The molecule has 13 nitrogen and oxygen atoms in total. The minimum atomic E-state index is -4.36. The first-order valence-corrected chi connectivity index (χ1v) is 21.7. The molecule has 3 aliphatic heterocycles. The smallest absolute Gasteiger partial charge is 0.301 e. The van der Waals surface area contributed by atoms with Crippen LogP contribution >= 0.6 is 0 Å². The van der Waals surface area contributed by atoms with Crippen LogP contribution in [0.25, 0.3) is 22.2 Å². The normalized spacial score (nSPS) is 19.8. The van der Waals surface area contributed by atoms with Crippen LogP contribution in [0.5, 0.6) is 0 Å². The topological polar surface area (TPSA) is 156 Å². The fraction of sp³-hybridized carbons (Fsp3) is 0.311. The quantitative estimate of drug-likeness (QED) is 0.115. The van der Waals surface area contributed by atoms with Crippen molar-refractivity contribution in [1.82, 2.24) is 24.1 Å². The van der Waals surface area contributed by atoms with E-state index in [0.29, 0.717) is 48.1 Å². The molecule has 5 aromatic rings. The third-order valence-electron chi connectivity index (χ3n) is 12.0. The summed E-state index contributed by atoms with van der Waals surface area (Å²) in [7, 11) is -4.36. The van der Waals surface area contributed by atoms with E-state index >= 15 is 8.78 Å². The molecule has 1 saturated carbocycles. The van der Waals surface area contributed by atoms with Gasteiger partial charge < -0.3 is 14.8 Å². The molecule has 62 heavy (non-hydrogen) atoms. The molecule has 0 spiro atoms. The zero-order valence-corrected chi connectivity index (χ0v) is 34.1. The third-order valence-corrected chi connectivity index (χ3v) is 13.5. The molecule has 17 heteroatoms. The van der Waals surface area contributed by atoms with Gasteiger partial charge in [-0.15, -0.1) is 0 Å². The molecule has 2 aromatic heterocycles. The summed E-state index contributed by atoms with van der Waals surface area (Å²) in [6, 6.07) is 16.2. The minimum absolute atomic E-state index is 0.00127. The Morgan fingerprint density at radius 1 is 0.935 bits per heavy atom. The minimum Gasteiger partial charge on any atom is -0.369 e. The van der Waals surface area contributed by atoms with Crippen molar-refractivity contribution in [2.75, 3.05) is 55.4 Å². The summed E-state index contributed by atoms with van der Waals surface area (Å²) in [5, 5.41) is 0.316. The lowest BCUT2D eigenvalue weighted by molar-refractivity contribution is -0.133. The Labute approximate surface area is 355 Å². The second kappa shape index (κ2) is 16.5. The lowest BCUT2D eigenvalue weighted by atomic mass is 9.92. The molecule has 0 radical (unpaired) electrons. The number of hydrogen-bond donors (Lipinski definition) is 2. The van der Waals surface area contributed by atoms with Crippen LogP contribution in [0.3, 0.4) is 0 Å². The first-order valence-electron chi connectivity index (χ1n) is 20.3. The van der Waals surface area contributed by atoms with Crippen molar-refractivity contribution in [3.05, 3.63) is 113 Å². The van der Waals surface area contributed by atoms with E-state index in [2.05, 4.69) is 31.6 Å². The van der Waals surface area contributed by atoms with Gasteiger partial charge in [-0.1, -0.05) is 24.0 Å². The Bertz CT molecular complexity index is 2830. The number of halogens is 3. The van der Waals surface area contributed by atoms with Gasteiger partial charge in [-0.3, -0.25) is 28.8 Å². The van der Waals surface area contributed by atoms with E-state index in [1.165, 1.54) is 6.20 Å². The number of pyridine rings is 1. The number of hydrogen-bond acceptors (Lipinski definition) is 9. The number of carbonyl (C=O) groups excluding carboxylic acids is 4. The zero-order valence-electron chi connectivity index (χ0n) is 33.3. The first kappa shape index (κ1) is 41.0. The molecule has 2 saturated heterocycles. The largest absolute Gasteiger partial charge is 0.369 e. The van der Waals surface area contributed by atoms with Gasteiger partial charge >= 0.3 is 10.2 Å². The number of nitrogens with one attached hydrogen (secondary N) is 2. The number of piperazine rings is 1. The maximum absolute atomic E-state index is 15.7. The Hall–Kier alpha value is -6.35. The highest BCUT2D eigenvalue weighted by molar-refractivity contribution is 7.90. The second-order valence-corrected chi connectivity index (χ2v) is 17.6. The van der Waals surface area contributed by atoms with Crippen LogP contribution in [0, 0.1) is 23.5 Å². The Morgan fingerprint density at radius 2 is 1.73 bits per heavy atom. The van der Waals surface area contributed by atoms with E-state index in [9.17, 15) is 32.0 Å². The fourth-order valence-corrected chi connectivity index (χ4v) is 9.84. The van der Waals surface area contributed by atoms with Crippen LogP contribution in [-0.2, 0) is 26.3 Å². The van der Waals surface area contributed by atoms with Crippen LogP contribution in [0.15, 0.2) is 73.1 Å². The lowest BCUT2D eigenvalue weighted by Crippen LogP contribution is -2.46. The maximum Gasteiger partial charge on any atom is 0.301 e. The van der Waals surface area contributed by atoms with Crippen LogP contribution < -0.4 is 9.62 Å². The molecular weight excluding hydrogens is 824 g/mol. The van der Waals surface area contributed by atoms with Gasteiger partial charge in [0.1, 0.15) is 23.4 Å². The van der Waals surface area contributed by atoms with Crippen molar-refractivity contribution in [1.29, 1.82) is 0 Å². The molecule has 5 heterocycles. The SMILES string of the molecule is O=C1CCC(N2Cc3cc(C#CCN4CCN(c5ccc(-c6cnc7[nH]cc(C(=O)c8c(F)ccc(NS(=O)(=O)N9CC[C@@H](F)C9)c8F)c7c6)cc5)CC4)ccc3C2=O)C(=O)C1. The summed E-state index contributed by atoms with van der Waals surface area (Å²) in [4.78, 5) is 64.4. The molecule has 2 N–H and O–H groups in total. The predicted molar refractivity (Wildman–Crippen MR) is 224 cm³/mol. The van der Waals surface area contributed by atoms with Crippen molar-refractivity contribution in [2.45, 2.75) is 44.4 Å². The molecule has 3 aromatic carbocycles. The van der Waals surface area contributed by atoms with Crippen molar-refractivity contribution in [3.8, 4) is 23.0 Å². The van der Waals surface area contributed by atoms with E-state index in [4.69, 9.17) is 0 Å². The van der Waals surface area contributed by atoms with Gasteiger partial charge in [-0.05, 0) is 72.5 Å². The Morgan fingerprint density at radius 3 is 2.47 bits per heavy atom. The zero-order chi connectivity index (χ0) is 43.3. The number of Topliss-reactive ketones (excluding diaryl/α,β-unsaturated/α-hetero) is 2. The van der Waals surface area contributed by atoms with Gasteiger partial charge in [-0.2, -0.15) is 12.7 Å². The number of ketones is 3.